The zero-order valence-corrected chi connectivity index (χ0v) is 17.7. The number of sulfonamides is 1. The van der Waals surface area contributed by atoms with Crippen molar-refractivity contribution in [2.45, 2.75) is 37.8 Å². The van der Waals surface area contributed by atoms with E-state index >= 15 is 4.39 Å². The fourth-order valence-electron chi connectivity index (χ4n) is 4.40. The number of nitrogens with zero attached hydrogens (tertiary/aromatic N) is 1. The normalized spacial score (nSPS) is 21.9. The molecular formula is C22H24F2N2O4S. The third-order valence-corrected chi connectivity index (χ3v) is 6.78. The Morgan fingerprint density at radius 2 is 1.90 bits per heavy atom. The fraction of sp³-hybridized carbons (Fsp3) is 0.409. The molecule has 9 heteroatoms. The monoisotopic (exact) mass is 450 g/mol. The average Bonchev–Trinajstić information content (AvgIpc) is 2.76. The van der Waals surface area contributed by atoms with E-state index in [0.29, 0.717) is 41.8 Å². The van der Waals surface area contributed by atoms with Gasteiger partial charge in [-0.2, -0.15) is 0 Å². The largest absolute Gasteiger partial charge is 0.492 e. The van der Waals surface area contributed by atoms with Gasteiger partial charge in [0.1, 0.15) is 11.6 Å². The molecule has 4 rings (SSSR count). The van der Waals surface area contributed by atoms with Gasteiger partial charge in [-0.15, -0.1) is 0 Å². The van der Waals surface area contributed by atoms with Crippen LogP contribution in [0.3, 0.4) is 0 Å². The summed E-state index contributed by atoms with van der Waals surface area (Å²) in [5.74, 6) is -0.149. The number of rotatable bonds is 3. The Labute approximate surface area is 180 Å². The van der Waals surface area contributed by atoms with Crippen molar-refractivity contribution >= 4 is 15.9 Å². The zero-order chi connectivity index (χ0) is 22.0. The Balaban J connectivity index is 1.78. The van der Waals surface area contributed by atoms with Crippen LogP contribution in [0.25, 0.3) is 11.1 Å². The molecule has 31 heavy (non-hydrogen) atoms. The number of carbonyl (C=O) groups is 1. The van der Waals surface area contributed by atoms with Gasteiger partial charge in [-0.25, -0.2) is 21.9 Å². The lowest BCUT2D eigenvalue weighted by atomic mass is 9.89. The van der Waals surface area contributed by atoms with E-state index in [0.717, 1.165) is 0 Å². The molecule has 0 aliphatic carbocycles. The van der Waals surface area contributed by atoms with Crippen LogP contribution in [0.1, 0.15) is 24.8 Å². The lowest BCUT2D eigenvalue weighted by Gasteiger charge is -2.42. The molecule has 1 N–H and O–H groups in total. The zero-order valence-electron chi connectivity index (χ0n) is 16.9. The third-order valence-electron chi connectivity index (χ3n) is 5.83. The van der Waals surface area contributed by atoms with Crippen molar-refractivity contribution in [2.75, 3.05) is 19.2 Å². The summed E-state index contributed by atoms with van der Waals surface area (Å²) >= 11 is 0. The van der Waals surface area contributed by atoms with Gasteiger partial charge in [0, 0.05) is 23.7 Å². The first-order valence-electron chi connectivity index (χ1n) is 10.2. The molecule has 166 valence electrons. The lowest BCUT2D eigenvalue weighted by molar-refractivity contribution is -0.136. The summed E-state index contributed by atoms with van der Waals surface area (Å²) in [7, 11) is -4.13. The number of halogens is 2. The molecule has 0 saturated carbocycles. The maximum Gasteiger partial charge on any atom is 0.241 e. The van der Waals surface area contributed by atoms with Crippen LogP contribution in [-0.4, -0.2) is 50.5 Å². The summed E-state index contributed by atoms with van der Waals surface area (Å²) in [5.41, 5.74) is 1.33. The first kappa shape index (κ1) is 21.7. The average molecular weight is 451 g/mol. The van der Waals surface area contributed by atoms with E-state index in [1.54, 1.807) is 47.4 Å². The number of hydrogen-bond acceptors (Lipinski definition) is 4. The standard InChI is InChI=1S/C22H24F2N2O4S/c23-14-31(28,29)25-18-8-4-11-26-19(18)13-15-5-3-7-17(22(15)24)16-6-1-2-9-20(16)30-12-10-21(26)27/h1-3,5-7,9,18-19,25H,4,8,10-14H2/t18-,19-/m0/s1. The number of carbonyl (C=O) groups excluding carboxylic acids is 1. The summed E-state index contributed by atoms with van der Waals surface area (Å²) in [5, 5.41) is 0. The summed E-state index contributed by atoms with van der Waals surface area (Å²) in [6.45, 7) is 0.538. The molecule has 1 fully saturated rings. The van der Waals surface area contributed by atoms with Gasteiger partial charge in [0.2, 0.25) is 21.9 Å². The molecule has 1 saturated heterocycles. The topological polar surface area (TPSA) is 75.7 Å². The van der Waals surface area contributed by atoms with Gasteiger partial charge in [-0.05, 0) is 30.9 Å². The Hall–Kier alpha value is -2.52. The Bertz CT molecular complexity index is 1080. The summed E-state index contributed by atoms with van der Waals surface area (Å²) in [4.78, 5) is 14.5. The van der Waals surface area contributed by atoms with Crippen LogP contribution in [0.4, 0.5) is 8.78 Å². The second-order valence-electron chi connectivity index (χ2n) is 7.82. The summed E-state index contributed by atoms with van der Waals surface area (Å²) in [6.07, 6.45) is 1.22. The van der Waals surface area contributed by atoms with Crippen LogP contribution in [-0.2, 0) is 21.2 Å². The molecule has 0 radical (unpaired) electrons. The van der Waals surface area contributed by atoms with Crippen LogP contribution in [0.15, 0.2) is 42.5 Å². The van der Waals surface area contributed by atoms with Gasteiger partial charge in [-0.3, -0.25) is 4.79 Å². The predicted octanol–water partition coefficient (Wildman–Crippen LogP) is 3.02. The van der Waals surface area contributed by atoms with Crippen molar-refractivity contribution in [3.05, 3.63) is 53.8 Å². The molecule has 2 aromatic rings. The van der Waals surface area contributed by atoms with Gasteiger partial charge in [0.25, 0.3) is 0 Å². The summed E-state index contributed by atoms with van der Waals surface area (Å²) < 4.78 is 60.5. The molecule has 2 aliphatic rings. The highest BCUT2D eigenvalue weighted by atomic mass is 32.2. The minimum absolute atomic E-state index is 0.101. The molecule has 2 aliphatic heterocycles. The van der Waals surface area contributed by atoms with Crippen LogP contribution in [0.2, 0.25) is 0 Å². The van der Waals surface area contributed by atoms with Crippen LogP contribution >= 0.6 is 0 Å². The molecular weight excluding hydrogens is 426 g/mol. The number of amides is 1. The predicted molar refractivity (Wildman–Crippen MR) is 112 cm³/mol. The maximum absolute atomic E-state index is 15.5. The maximum atomic E-state index is 15.5. The SMILES string of the molecule is O=C1CCOc2ccccc2-c2cccc(c2F)C[C@H]2[C@@H](NS(=O)(=O)CF)CCCN12. The number of ether oxygens (including phenoxy) is 1. The van der Waals surface area contributed by atoms with Crippen LogP contribution < -0.4 is 9.46 Å². The first-order valence-corrected chi connectivity index (χ1v) is 11.9. The van der Waals surface area contributed by atoms with Crippen molar-refractivity contribution in [1.29, 1.82) is 0 Å². The smallest absolute Gasteiger partial charge is 0.241 e. The number of hydrogen-bond donors (Lipinski definition) is 1. The lowest BCUT2D eigenvalue weighted by Crippen LogP contribution is -2.58. The van der Waals surface area contributed by atoms with Gasteiger partial charge < -0.3 is 9.64 Å². The van der Waals surface area contributed by atoms with E-state index < -0.39 is 33.9 Å². The van der Waals surface area contributed by atoms with Crippen LogP contribution in [0, 0.1) is 5.82 Å². The van der Waals surface area contributed by atoms with Gasteiger partial charge in [0.15, 0.2) is 0 Å². The second-order valence-corrected chi connectivity index (χ2v) is 9.51. The minimum Gasteiger partial charge on any atom is -0.492 e. The molecule has 2 aromatic carbocycles. The van der Waals surface area contributed by atoms with Crippen molar-refractivity contribution in [3.63, 3.8) is 0 Å². The molecule has 2 atom stereocenters. The fourth-order valence-corrected chi connectivity index (χ4v) is 5.20. The van der Waals surface area contributed by atoms with E-state index in [1.807, 2.05) is 0 Å². The Morgan fingerprint density at radius 1 is 1.13 bits per heavy atom. The number of alkyl halides is 1. The molecule has 1 amide bonds. The van der Waals surface area contributed by atoms with E-state index in [2.05, 4.69) is 4.72 Å². The third kappa shape index (κ3) is 4.57. The molecule has 2 heterocycles. The highest BCUT2D eigenvalue weighted by Crippen LogP contribution is 2.34. The van der Waals surface area contributed by atoms with Crippen molar-refractivity contribution < 1.29 is 26.7 Å². The van der Waals surface area contributed by atoms with Crippen molar-refractivity contribution in [3.8, 4) is 16.9 Å². The number of fused-ring (bicyclic) bond motifs is 5. The van der Waals surface area contributed by atoms with Crippen molar-refractivity contribution in [1.82, 2.24) is 9.62 Å². The van der Waals surface area contributed by atoms with E-state index in [9.17, 15) is 17.6 Å². The number of nitrogens with one attached hydrogen (secondary N) is 1. The first-order chi connectivity index (χ1) is 14.9. The van der Waals surface area contributed by atoms with E-state index in [-0.39, 0.29) is 25.4 Å². The van der Waals surface area contributed by atoms with Gasteiger partial charge in [0.05, 0.1) is 19.1 Å². The number of piperidine rings is 1. The van der Waals surface area contributed by atoms with Crippen LogP contribution in [0.5, 0.6) is 5.75 Å². The van der Waals surface area contributed by atoms with Crippen molar-refractivity contribution in [2.24, 2.45) is 0 Å². The Kier molecular flexibility index (Phi) is 6.24. The highest BCUT2D eigenvalue weighted by Gasteiger charge is 2.37. The molecule has 6 nitrogen and oxygen atoms in total. The molecule has 0 aromatic heterocycles. The minimum atomic E-state index is -4.13. The molecule has 0 spiro atoms. The van der Waals surface area contributed by atoms with E-state index in [1.165, 1.54) is 0 Å². The Morgan fingerprint density at radius 3 is 2.71 bits per heavy atom. The number of para-hydroxylation sites is 1. The van der Waals surface area contributed by atoms with Gasteiger partial charge in [-0.1, -0.05) is 36.4 Å². The number of benzene rings is 2. The van der Waals surface area contributed by atoms with E-state index in [4.69, 9.17) is 4.74 Å². The van der Waals surface area contributed by atoms with Gasteiger partial charge >= 0.3 is 0 Å². The summed E-state index contributed by atoms with van der Waals surface area (Å²) in [6, 6.07) is 9.24. The second kappa shape index (κ2) is 8.92. The molecule has 2 bridgehead atoms. The highest BCUT2D eigenvalue weighted by molar-refractivity contribution is 7.89. The quantitative estimate of drug-likeness (QED) is 0.780. The molecule has 0 unspecified atom stereocenters.